The highest BCUT2D eigenvalue weighted by Gasteiger charge is 2.14. The third-order valence-corrected chi connectivity index (χ3v) is 5.72. The molecule has 0 atom stereocenters. The lowest BCUT2D eigenvalue weighted by Gasteiger charge is -2.15. The molecule has 3 amide bonds. The van der Waals surface area contributed by atoms with Crippen LogP contribution in [0.1, 0.15) is 50.6 Å². The van der Waals surface area contributed by atoms with Gasteiger partial charge in [0.15, 0.2) is 5.82 Å². The van der Waals surface area contributed by atoms with Crippen LogP contribution in [0.15, 0.2) is 30.6 Å². The van der Waals surface area contributed by atoms with E-state index >= 15 is 0 Å². The fourth-order valence-corrected chi connectivity index (χ4v) is 3.84. The Morgan fingerprint density at radius 1 is 1.09 bits per heavy atom. The first kappa shape index (κ1) is 25.6. The van der Waals surface area contributed by atoms with Gasteiger partial charge in [-0.25, -0.2) is 14.6 Å². The number of urea groups is 1. The van der Waals surface area contributed by atoms with Crippen molar-refractivity contribution in [2.24, 2.45) is 5.92 Å². The number of hydrogen-bond acceptors (Lipinski definition) is 6. The van der Waals surface area contributed by atoms with Crippen LogP contribution in [-0.4, -0.2) is 41.9 Å². The van der Waals surface area contributed by atoms with Crippen molar-refractivity contribution in [3.8, 4) is 5.75 Å². The van der Waals surface area contributed by atoms with E-state index in [1.165, 1.54) is 31.9 Å². The summed E-state index contributed by atoms with van der Waals surface area (Å²) in [6.45, 7) is 3.05. The van der Waals surface area contributed by atoms with Gasteiger partial charge in [0.05, 0.1) is 37.0 Å². The zero-order valence-corrected chi connectivity index (χ0v) is 20.2. The van der Waals surface area contributed by atoms with Crippen molar-refractivity contribution in [3.63, 3.8) is 0 Å². The van der Waals surface area contributed by atoms with E-state index in [2.05, 4.69) is 25.9 Å². The molecule has 1 fully saturated rings. The molecule has 10 heteroatoms. The van der Waals surface area contributed by atoms with Gasteiger partial charge in [-0.3, -0.25) is 10.3 Å². The van der Waals surface area contributed by atoms with Crippen molar-refractivity contribution in [2.75, 3.05) is 30.4 Å². The van der Waals surface area contributed by atoms with Crippen LogP contribution in [0.25, 0.3) is 0 Å². The van der Waals surface area contributed by atoms with E-state index in [9.17, 15) is 9.59 Å². The molecular weight excluding hydrogens is 458 g/mol. The molecule has 0 saturated heterocycles. The molecule has 3 N–H and O–H groups in total. The van der Waals surface area contributed by atoms with Crippen LogP contribution in [0.5, 0.6) is 5.75 Å². The Balaban J connectivity index is 1.38. The Bertz CT molecular complexity index is 933. The lowest BCUT2D eigenvalue weighted by atomic mass is 10.0. The topological polar surface area (TPSA) is 114 Å². The predicted molar refractivity (Wildman–Crippen MR) is 132 cm³/mol. The molecule has 34 heavy (non-hydrogen) atoms. The van der Waals surface area contributed by atoms with Crippen LogP contribution in [0.4, 0.5) is 21.1 Å². The van der Waals surface area contributed by atoms with Crippen LogP contribution < -0.4 is 20.7 Å². The number of aryl methyl sites for hydroxylation is 1. The summed E-state index contributed by atoms with van der Waals surface area (Å²) in [5, 5.41) is 8.53. The van der Waals surface area contributed by atoms with E-state index < -0.39 is 12.1 Å². The molecule has 0 unspecified atom stereocenters. The number of nitrogens with zero attached hydrogens (tertiary/aromatic N) is 2. The molecule has 1 aromatic heterocycles. The lowest BCUT2D eigenvalue weighted by molar-refractivity contribution is 0.122. The predicted octanol–water partition coefficient (Wildman–Crippen LogP) is 5.55. The zero-order valence-electron chi connectivity index (χ0n) is 19.4. The largest absolute Gasteiger partial charge is 0.491 e. The molecular formula is C24H32ClN5O4. The quantitative estimate of drug-likeness (QED) is 0.314. The summed E-state index contributed by atoms with van der Waals surface area (Å²) in [5.74, 6) is 1.26. The van der Waals surface area contributed by atoms with Crippen molar-refractivity contribution in [2.45, 2.75) is 51.9 Å². The van der Waals surface area contributed by atoms with E-state index in [1.54, 1.807) is 24.4 Å². The van der Waals surface area contributed by atoms with Gasteiger partial charge in [0, 0.05) is 11.6 Å². The highest BCUT2D eigenvalue weighted by Crippen LogP contribution is 2.28. The van der Waals surface area contributed by atoms with E-state index in [0.717, 1.165) is 18.5 Å². The summed E-state index contributed by atoms with van der Waals surface area (Å²) in [6.07, 6.45) is 10.5. The van der Waals surface area contributed by atoms with Crippen molar-refractivity contribution < 1.29 is 19.1 Å². The number of benzene rings is 1. The standard InChI is InChI=1S/C24H32ClN5O4/c1-17-14-28-22(15-27-17)30-23(31)29-20-13-19(25)9-10-21(20)33-12-6-11-26-24(32)34-16-18-7-4-2-3-5-8-18/h9-10,13-15,18H,2-8,11-12,16H2,1H3,(H,26,32)(H2,28,29,30,31). The van der Waals surface area contributed by atoms with Crippen LogP contribution in [0.3, 0.4) is 0 Å². The Morgan fingerprint density at radius 2 is 1.88 bits per heavy atom. The summed E-state index contributed by atoms with van der Waals surface area (Å²) < 4.78 is 11.2. The molecule has 184 valence electrons. The maximum Gasteiger partial charge on any atom is 0.407 e. The second-order valence-corrected chi connectivity index (χ2v) is 8.78. The van der Waals surface area contributed by atoms with Gasteiger partial charge in [-0.1, -0.05) is 37.3 Å². The van der Waals surface area contributed by atoms with Crippen molar-refractivity contribution in [3.05, 3.63) is 41.3 Å². The normalized spacial score (nSPS) is 14.1. The van der Waals surface area contributed by atoms with E-state index in [4.69, 9.17) is 21.1 Å². The Kier molecular flexibility index (Phi) is 10.2. The number of carbonyl (C=O) groups is 2. The first-order valence-corrected chi connectivity index (χ1v) is 12.1. The molecule has 0 aliphatic heterocycles. The average molecular weight is 490 g/mol. The second kappa shape index (κ2) is 13.6. The molecule has 1 aliphatic carbocycles. The third-order valence-electron chi connectivity index (χ3n) is 5.49. The fourth-order valence-electron chi connectivity index (χ4n) is 3.67. The summed E-state index contributed by atoms with van der Waals surface area (Å²) in [5.41, 5.74) is 1.17. The number of halogens is 1. The van der Waals surface area contributed by atoms with Crippen molar-refractivity contribution in [1.82, 2.24) is 15.3 Å². The van der Waals surface area contributed by atoms with Crippen molar-refractivity contribution in [1.29, 1.82) is 0 Å². The maximum absolute atomic E-state index is 12.3. The van der Waals surface area contributed by atoms with Crippen LogP contribution in [0, 0.1) is 12.8 Å². The number of alkyl carbamates (subject to hydrolysis) is 1. The van der Waals surface area contributed by atoms with Crippen LogP contribution in [-0.2, 0) is 4.74 Å². The summed E-state index contributed by atoms with van der Waals surface area (Å²) >= 11 is 6.08. The minimum atomic E-state index is -0.497. The van der Waals surface area contributed by atoms with Gasteiger partial charge in [0.2, 0.25) is 0 Å². The van der Waals surface area contributed by atoms with Gasteiger partial charge >= 0.3 is 12.1 Å². The van der Waals surface area contributed by atoms with E-state index in [-0.39, 0.29) is 0 Å². The molecule has 1 aromatic carbocycles. The molecule has 0 spiro atoms. The monoisotopic (exact) mass is 489 g/mol. The SMILES string of the molecule is Cc1cnc(NC(=O)Nc2cc(Cl)ccc2OCCCNC(=O)OCC2CCCCCC2)cn1. The lowest BCUT2D eigenvalue weighted by Crippen LogP contribution is -2.28. The number of hydrogen-bond donors (Lipinski definition) is 3. The zero-order chi connectivity index (χ0) is 24.2. The third kappa shape index (κ3) is 9.05. The fraction of sp³-hybridized carbons (Fsp3) is 0.500. The number of rotatable bonds is 9. The molecule has 3 rings (SSSR count). The van der Waals surface area contributed by atoms with Gasteiger partial charge < -0.3 is 20.1 Å². The minimum absolute atomic E-state index is 0.324. The Morgan fingerprint density at radius 3 is 2.62 bits per heavy atom. The number of carbonyl (C=O) groups excluding carboxylic acids is 2. The Labute approximate surface area is 205 Å². The van der Waals surface area contributed by atoms with Crippen molar-refractivity contribution >= 4 is 35.2 Å². The molecule has 1 heterocycles. The molecule has 1 saturated carbocycles. The van der Waals surface area contributed by atoms with Gasteiger partial charge in [-0.05, 0) is 50.3 Å². The number of anilines is 2. The molecule has 0 bridgehead atoms. The van der Waals surface area contributed by atoms with Gasteiger partial charge in [0.1, 0.15) is 5.75 Å². The summed E-state index contributed by atoms with van der Waals surface area (Å²) in [4.78, 5) is 32.4. The maximum atomic E-state index is 12.3. The molecule has 0 radical (unpaired) electrons. The summed E-state index contributed by atoms with van der Waals surface area (Å²) in [6, 6.07) is 4.45. The molecule has 9 nitrogen and oxygen atoms in total. The smallest absolute Gasteiger partial charge is 0.407 e. The Hall–Kier alpha value is -3.07. The van der Waals surface area contributed by atoms with Crippen LogP contribution >= 0.6 is 11.6 Å². The first-order chi connectivity index (χ1) is 16.5. The molecule has 1 aliphatic rings. The number of aromatic nitrogens is 2. The van der Waals surface area contributed by atoms with Gasteiger partial charge in [-0.2, -0.15) is 0 Å². The highest BCUT2D eigenvalue weighted by atomic mass is 35.5. The number of ether oxygens (including phenoxy) is 2. The average Bonchev–Trinajstić information content (AvgIpc) is 3.09. The molecule has 2 aromatic rings. The highest BCUT2D eigenvalue weighted by molar-refractivity contribution is 6.31. The number of amides is 3. The van der Waals surface area contributed by atoms with E-state index in [0.29, 0.717) is 54.4 Å². The van der Waals surface area contributed by atoms with Crippen LogP contribution in [0.2, 0.25) is 5.02 Å². The first-order valence-electron chi connectivity index (χ1n) is 11.7. The minimum Gasteiger partial charge on any atom is -0.491 e. The van der Waals surface area contributed by atoms with Gasteiger partial charge in [0.25, 0.3) is 0 Å². The number of nitrogens with one attached hydrogen (secondary N) is 3. The van der Waals surface area contributed by atoms with E-state index in [1.807, 2.05) is 6.92 Å². The van der Waals surface area contributed by atoms with Gasteiger partial charge in [-0.15, -0.1) is 0 Å². The summed E-state index contributed by atoms with van der Waals surface area (Å²) in [7, 11) is 0. The second-order valence-electron chi connectivity index (χ2n) is 8.35.